The molecule has 0 fully saturated rings. The third-order valence-electron chi connectivity index (χ3n) is 9.56. The molecular formula is C45H64N4O10S2. The number of ether oxygens (including phenoxy) is 6. The summed E-state index contributed by atoms with van der Waals surface area (Å²) >= 11 is 0. The Hall–Kier alpha value is -4.58. The van der Waals surface area contributed by atoms with Crippen LogP contribution in [0, 0.1) is 0 Å². The predicted octanol–water partition coefficient (Wildman–Crippen LogP) is 6.13. The van der Waals surface area contributed by atoms with Crippen molar-refractivity contribution >= 4 is 20.0 Å². The molecular weight excluding hydrogens is 821 g/mol. The summed E-state index contributed by atoms with van der Waals surface area (Å²) in [5, 5.41) is 6.85. The topological polar surface area (TPSA) is 172 Å². The number of nitrogens with one attached hydrogen (secondary N) is 4. The van der Waals surface area contributed by atoms with Crippen LogP contribution in [0.4, 0.5) is 0 Å². The van der Waals surface area contributed by atoms with Crippen LogP contribution in [0.5, 0.6) is 34.5 Å². The Morgan fingerprint density at radius 3 is 1.23 bits per heavy atom. The molecule has 0 bridgehead atoms. The molecule has 0 unspecified atom stereocenters. The summed E-state index contributed by atoms with van der Waals surface area (Å²) in [6, 6.07) is 25.5. The van der Waals surface area contributed by atoms with Crippen LogP contribution in [0.15, 0.2) is 94.7 Å². The van der Waals surface area contributed by atoms with Gasteiger partial charge in [-0.2, -0.15) is 0 Å². The summed E-state index contributed by atoms with van der Waals surface area (Å²) in [5.74, 6) is 3.29. The molecule has 16 heteroatoms. The molecule has 4 aromatic rings. The van der Waals surface area contributed by atoms with Gasteiger partial charge in [-0.3, -0.25) is 0 Å². The van der Waals surface area contributed by atoms with Gasteiger partial charge in [0, 0.05) is 38.3 Å². The highest BCUT2D eigenvalue weighted by molar-refractivity contribution is 7.89. The van der Waals surface area contributed by atoms with Gasteiger partial charge in [0.15, 0.2) is 23.0 Å². The first-order valence-corrected chi connectivity index (χ1v) is 23.9. The van der Waals surface area contributed by atoms with E-state index in [1.54, 1.807) is 24.3 Å². The molecule has 0 amide bonds. The maximum absolute atomic E-state index is 13.4. The van der Waals surface area contributed by atoms with E-state index < -0.39 is 20.0 Å². The normalized spacial score (nSPS) is 12.7. The summed E-state index contributed by atoms with van der Waals surface area (Å²) in [6.07, 6.45) is 2.79. The smallest absolute Gasteiger partial charge is 0.244 e. The van der Waals surface area contributed by atoms with E-state index in [0.29, 0.717) is 94.6 Å². The second kappa shape index (κ2) is 25.4. The molecule has 14 nitrogen and oxygen atoms in total. The lowest BCUT2D eigenvalue weighted by molar-refractivity contribution is 0.272. The minimum absolute atomic E-state index is 0.0449. The fourth-order valence-corrected chi connectivity index (χ4v) is 9.17. The van der Waals surface area contributed by atoms with Crippen molar-refractivity contribution in [1.82, 2.24) is 20.1 Å². The SMILES string of the molecule is CCOc1ccccc1OCCN[C@H](C)Cc1ccc(OC)c(S(=O)(=O)NCCCCCNS(=O)(=O)c2cc(C[C@H](C)NCCOc3ccccc3OCC)ccc2OC)c1. The van der Waals surface area contributed by atoms with E-state index in [1.807, 2.05) is 88.4 Å². The Balaban J connectivity index is 1.19. The molecule has 2 atom stereocenters. The van der Waals surface area contributed by atoms with Gasteiger partial charge in [-0.1, -0.05) is 42.8 Å². The monoisotopic (exact) mass is 884 g/mol. The summed E-state index contributed by atoms with van der Waals surface area (Å²) in [5.41, 5.74) is 1.68. The van der Waals surface area contributed by atoms with Crippen LogP contribution in [0.25, 0.3) is 0 Å². The summed E-state index contributed by atoms with van der Waals surface area (Å²) < 4.78 is 92.8. The Bertz CT molecular complexity index is 2000. The van der Waals surface area contributed by atoms with Gasteiger partial charge in [0.25, 0.3) is 0 Å². The molecule has 4 aromatic carbocycles. The van der Waals surface area contributed by atoms with E-state index in [1.165, 1.54) is 14.2 Å². The van der Waals surface area contributed by atoms with Crippen LogP contribution in [0.2, 0.25) is 0 Å². The third kappa shape index (κ3) is 16.0. The molecule has 0 saturated heterocycles. The zero-order valence-corrected chi connectivity index (χ0v) is 38.0. The van der Waals surface area contributed by atoms with Crippen LogP contribution in [0.3, 0.4) is 0 Å². The van der Waals surface area contributed by atoms with Crippen molar-refractivity contribution in [3.8, 4) is 34.5 Å². The molecule has 0 radical (unpaired) electrons. The number of hydrogen-bond acceptors (Lipinski definition) is 12. The summed E-state index contributed by atoms with van der Waals surface area (Å²) in [4.78, 5) is 0.136. The average molecular weight is 885 g/mol. The maximum atomic E-state index is 13.4. The number of hydrogen-bond donors (Lipinski definition) is 4. The van der Waals surface area contributed by atoms with Crippen molar-refractivity contribution in [2.45, 2.75) is 81.7 Å². The Labute approximate surface area is 363 Å². The average Bonchev–Trinajstić information content (AvgIpc) is 3.24. The number of benzene rings is 4. The van der Waals surface area contributed by atoms with Crippen molar-refractivity contribution in [2.24, 2.45) is 0 Å². The standard InChI is InChI=1S/C45H64N4O10S2/c1-7-56-38-16-10-12-18-40(38)58-28-26-46-34(3)30-36-20-22-42(54-5)44(32-36)60(50,51)48-24-14-9-15-25-49-61(52,53)45-33-37(21-23-43(45)55-6)31-35(4)47-27-29-59-41-19-13-11-17-39(41)57-8-2/h10-13,16-23,32-35,46-49H,7-9,14-15,24-31H2,1-6H3/t34-,35+. The molecule has 0 aromatic heterocycles. The van der Waals surface area contributed by atoms with Gasteiger partial charge in [-0.25, -0.2) is 26.3 Å². The van der Waals surface area contributed by atoms with Gasteiger partial charge >= 0.3 is 0 Å². The summed E-state index contributed by atoms with van der Waals surface area (Å²) in [6.45, 7) is 11.5. The predicted molar refractivity (Wildman–Crippen MR) is 239 cm³/mol. The molecule has 61 heavy (non-hydrogen) atoms. The van der Waals surface area contributed by atoms with Crippen molar-refractivity contribution < 1.29 is 45.3 Å². The first-order chi connectivity index (χ1) is 29.4. The highest BCUT2D eigenvalue weighted by Gasteiger charge is 2.22. The molecule has 0 saturated carbocycles. The highest BCUT2D eigenvalue weighted by Crippen LogP contribution is 2.29. The lowest BCUT2D eigenvalue weighted by atomic mass is 10.1. The van der Waals surface area contributed by atoms with E-state index in [2.05, 4.69) is 20.1 Å². The van der Waals surface area contributed by atoms with Crippen LogP contribution in [0.1, 0.15) is 58.1 Å². The van der Waals surface area contributed by atoms with Gasteiger partial charge in [0.2, 0.25) is 20.0 Å². The third-order valence-corrected chi connectivity index (χ3v) is 12.5. The van der Waals surface area contributed by atoms with E-state index in [-0.39, 0.29) is 46.5 Å². The number of unbranched alkanes of at least 4 members (excludes halogenated alkanes) is 2. The van der Waals surface area contributed by atoms with Gasteiger partial charge in [-0.05, 0) is 113 Å². The van der Waals surface area contributed by atoms with Crippen molar-refractivity contribution in [3.63, 3.8) is 0 Å². The zero-order valence-electron chi connectivity index (χ0n) is 36.3. The minimum Gasteiger partial charge on any atom is -0.495 e. The lowest BCUT2D eigenvalue weighted by Gasteiger charge is -2.17. The van der Waals surface area contributed by atoms with E-state index in [4.69, 9.17) is 28.4 Å². The fourth-order valence-electron chi connectivity index (χ4n) is 6.58. The summed E-state index contributed by atoms with van der Waals surface area (Å²) in [7, 11) is -4.89. The second-order valence-corrected chi connectivity index (χ2v) is 17.9. The van der Waals surface area contributed by atoms with Gasteiger partial charge in [-0.15, -0.1) is 0 Å². The number of para-hydroxylation sites is 4. The van der Waals surface area contributed by atoms with Crippen molar-refractivity contribution in [3.05, 3.63) is 96.1 Å². The second-order valence-electron chi connectivity index (χ2n) is 14.4. The van der Waals surface area contributed by atoms with E-state index >= 15 is 0 Å². The number of methoxy groups -OCH3 is 2. The van der Waals surface area contributed by atoms with Gasteiger partial charge in [0.05, 0.1) is 27.4 Å². The molecule has 0 aliphatic heterocycles. The van der Waals surface area contributed by atoms with Crippen molar-refractivity contribution in [2.75, 3.05) is 66.8 Å². The molecule has 4 N–H and O–H groups in total. The Kier molecular flexibility index (Phi) is 20.4. The first-order valence-electron chi connectivity index (χ1n) is 20.9. The lowest BCUT2D eigenvalue weighted by Crippen LogP contribution is -2.32. The molecule has 336 valence electrons. The molecule has 0 spiro atoms. The Morgan fingerprint density at radius 2 is 0.869 bits per heavy atom. The van der Waals surface area contributed by atoms with Crippen LogP contribution in [-0.4, -0.2) is 95.7 Å². The quantitative estimate of drug-likeness (QED) is 0.0443. The van der Waals surface area contributed by atoms with Gasteiger partial charge in [0.1, 0.15) is 34.5 Å². The zero-order chi connectivity index (χ0) is 44.1. The van der Waals surface area contributed by atoms with E-state index in [9.17, 15) is 16.8 Å². The molecule has 0 aliphatic rings. The number of rotatable bonds is 30. The first kappa shape index (κ1) is 49.1. The molecule has 0 heterocycles. The van der Waals surface area contributed by atoms with Crippen LogP contribution >= 0.6 is 0 Å². The fraction of sp³-hybridized carbons (Fsp3) is 0.467. The number of sulfonamides is 2. The Morgan fingerprint density at radius 1 is 0.492 bits per heavy atom. The van der Waals surface area contributed by atoms with Crippen molar-refractivity contribution in [1.29, 1.82) is 0 Å². The minimum atomic E-state index is -3.88. The van der Waals surface area contributed by atoms with Crippen LogP contribution < -0.4 is 48.5 Å². The largest absolute Gasteiger partial charge is 0.495 e. The molecule has 0 aliphatic carbocycles. The molecule has 4 rings (SSSR count). The highest BCUT2D eigenvalue weighted by atomic mass is 32.2. The van der Waals surface area contributed by atoms with Gasteiger partial charge < -0.3 is 39.1 Å². The van der Waals surface area contributed by atoms with E-state index in [0.717, 1.165) is 11.1 Å². The van der Waals surface area contributed by atoms with Crippen LogP contribution in [-0.2, 0) is 32.9 Å². The maximum Gasteiger partial charge on any atom is 0.244 e.